The summed E-state index contributed by atoms with van der Waals surface area (Å²) in [7, 11) is 0. The second-order valence-corrected chi connectivity index (χ2v) is 9.80. The van der Waals surface area contributed by atoms with Gasteiger partial charge in [-0.05, 0) is 56.9 Å². The minimum absolute atomic E-state index is 0.00507. The van der Waals surface area contributed by atoms with Gasteiger partial charge >= 0.3 is 0 Å². The van der Waals surface area contributed by atoms with Gasteiger partial charge in [0, 0.05) is 49.2 Å². The highest BCUT2D eigenvalue weighted by molar-refractivity contribution is 8.00. The van der Waals surface area contributed by atoms with Crippen molar-refractivity contribution in [1.29, 1.82) is 0 Å². The van der Waals surface area contributed by atoms with Crippen molar-refractivity contribution in [3.8, 4) is 0 Å². The molecule has 1 fully saturated rings. The topological polar surface area (TPSA) is 60.9 Å². The van der Waals surface area contributed by atoms with Gasteiger partial charge in [-0.3, -0.25) is 14.4 Å². The monoisotopic (exact) mass is 479 g/mol. The minimum Gasteiger partial charge on any atom is -0.343 e. The van der Waals surface area contributed by atoms with E-state index in [0.717, 1.165) is 30.1 Å². The minimum atomic E-state index is -0.0178. The maximum absolute atomic E-state index is 13.3. The Morgan fingerprint density at radius 3 is 2.35 bits per heavy atom. The van der Waals surface area contributed by atoms with E-state index in [2.05, 4.69) is 6.07 Å². The van der Waals surface area contributed by atoms with Gasteiger partial charge in [-0.2, -0.15) is 0 Å². The van der Waals surface area contributed by atoms with Gasteiger partial charge in [0.15, 0.2) is 0 Å². The van der Waals surface area contributed by atoms with Crippen LogP contribution in [0.15, 0.2) is 53.4 Å². The van der Waals surface area contributed by atoms with Crippen LogP contribution in [-0.4, -0.2) is 66.0 Å². The van der Waals surface area contributed by atoms with Crippen molar-refractivity contribution < 1.29 is 14.4 Å². The highest BCUT2D eigenvalue weighted by Crippen LogP contribution is 2.30. The molecule has 0 saturated carbocycles. The van der Waals surface area contributed by atoms with Gasteiger partial charge in [-0.15, -0.1) is 11.8 Å². The molecule has 2 aromatic rings. The van der Waals surface area contributed by atoms with Gasteiger partial charge in [0.1, 0.15) is 0 Å². The lowest BCUT2D eigenvalue weighted by Crippen LogP contribution is -2.44. The molecule has 0 radical (unpaired) electrons. The Kier molecular flexibility index (Phi) is 7.93. The van der Waals surface area contributed by atoms with Crippen molar-refractivity contribution >= 4 is 35.2 Å². The molecule has 0 N–H and O–H groups in total. The third-order valence-corrected chi connectivity index (χ3v) is 7.92. The largest absolute Gasteiger partial charge is 0.343 e. The molecule has 34 heavy (non-hydrogen) atoms. The normalized spacial score (nSPS) is 15.8. The number of rotatable bonds is 7. The van der Waals surface area contributed by atoms with Gasteiger partial charge in [0.05, 0.1) is 11.3 Å². The fourth-order valence-electron chi connectivity index (χ4n) is 4.88. The van der Waals surface area contributed by atoms with Crippen LogP contribution < -0.4 is 4.90 Å². The van der Waals surface area contributed by atoms with Crippen LogP contribution in [0.4, 0.5) is 5.69 Å². The number of fused-ring (bicyclic) bond motifs is 1. The summed E-state index contributed by atoms with van der Waals surface area (Å²) < 4.78 is 0. The number of hydrogen-bond acceptors (Lipinski definition) is 4. The van der Waals surface area contributed by atoms with Crippen LogP contribution in [-0.2, 0) is 16.0 Å². The van der Waals surface area contributed by atoms with Gasteiger partial charge in [-0.1, -0.05) is 30.3 Å². The lowest BCUT2D eigenvalue weighted by atomic mass is 9.94. The quantitative estimate of drug-likeness (QED) is 0.562. The molecule has 180 valence electrons. The molecule has 0 aliphatic carbocycles. The van der Waals surface area contributed by atoms with Crippen molar-refractivity contribution in [3.63, 3.8) is 0 Å². The number of hydrogen-bond donors (Lipinski definition) is 0. The molecule has 4 rings (SSSR count). The summed E-state index contributed by atoms with van der Waals surface area (Å²) in [5.74, 6) is 0.535. The Labute approximate surface area is 206 Å². The SMILES string of the molecule is CCN(CC)C(=O)C1CCN(C(=O)c2ccccc2SCC(=O)N2CCc3ccccc32)CC1. The number of nitrogens with zero attached hydrogens (tertiary/aromatic N) is 3. The number of piperidine rings is 1. The first-order valence-electron chi connectivity index (χ1n) is 12.2. The number of thioether (sulfide) groups is 1. The summed E-state index contributed by atoms with van der Waals surface area (Å²) in [5.41, 5.74) is 2.84. The Balaban J connectivity index is 1.37. The number of carbonyl (C=O) groups is 3. The number of benzene rings is 2. The molecule has 0 unspecified atom stereocenters. The smallest absolute Gasteiger partial charge is 0.254 e. The lowest BCUT2D eigenvalue weighted by molar-refractivity contribution is -0.136. The van der Waals surface area contributed by atoms with Gasteiger partial charge in [0.25, 0.3) is 5.91 Å². The highest BCUT2D eigenvalue weighted by atomic mass is 32.2. The summed E-state index contributed by atoms with van der Waals surface area (Å²) in [4.78, 5) is 45.4. The number of amides is 3. The number of carbonyl (C=O) groups excluding carboxylic acids is 3. The standard InChI is InChI=1S/C27H33N3O3S/c1-3-28(4-2)26(32)21-13-16-29(17-14-21)27(33)22-10-6-8-12-24(22)34-19-25(31)30-18-15-20-9-5-7-11-23(20)30/h5-12,21H,3-4,13-19H2,1-2H3. The molecule has 0 atom stereocenters. The second-order valence-electron chi connectivity index (χ2n) is 8.79. The maximum Gasteiger partial charge on any atom is 0.254 e. The fraction of sp³-hybridized carbons (Fsp3) is 0.444. The summed E-state index contributed by atoms with van der Waals surface area (Å²) in [6, 6.07) is 15.6. The van der Waals surface area contributed by atoms with Crippen molar-refractivity contribution in [2.45, 2.75) is 38.0 Å². The predicted molar refractivity (Wildman–Crippen MR) is 136 cm³/mol. The molecule has 3 amide bonds. The fourth-order valence-corrected chi connectivity index (χ4v) is 5.80. The molecule has 7 heteroatoms. The molecular formula is C27H33N3O3S. The van der Waals surface area contributed by atoms with Crippen LogP contribution in [0.2, 0.25) is 0 Å². The molecule has 6 nitrogen and oxygen atoms in total. The predicted octanol–water partition coefficient (Wildman–Crippen LogP) is 4.09. The van der Waals surface area contributed by atoms with Crippen LogP contribution >= 0.6 is 11.8 Å². The average molecular weight is 480 g/mol. The first-order chi connectivity index (χ1) is 16.5. The number of anilines is 1. The highest BCUT2D eigenvalue weighted by Gasteiger charge is 2.31. The van der Waals surface area contributed by atoms with E-state index in [0.29, 0.717) is 43.8 Å². The Morgan fingerprint density at radius 2 is 1.62 bits per heavy atom. The molecule has 0 aromatic heterocycles. The van der Waals surface area contributed by atoms with E-state index in [9.17, 15) is 14.4 Å². The van der Waals surface area contributed by atoms with E-state index in [1.54, 1.807) is 0 Å². The van der Waals surface area contributed by atoms with Gasteiger partial charge < -0.3 is 14.7 Å². The van der Waals surface area contributed by atoms with Crippen LogP contribution in [0.3, 0.4) is 0 Å². The molecule has 1 saturated heterocycles. The van der Waals surface area contributed by atoms with Crippen molar-refractivity contribution in [2.75, 3.05) is 43.4 Å². The third kappa shape index (κ3) is 5.14. The Bertz CT molecular complexity index is 1040. The molecular weight excluding hydrogens is 446 g/mol. The van der Waals surface area contributed by atoms with Crippen molar-refractivity contribution in [2.24, 2.45) is 5.92 Å². The first-order valence-corrected chi connectivity index (χ1v) is 13.2. The van der Waals surface area contributed by atoms with E-state index < -0.39 is 0 Å². The summed E-state index contributed by atoms with van der Waals surface area (Å²) >= 11 is 1.42. The zero-order valence-electron chi connectivity index (χ0n) is 20.0. The van der Waals surface area contributed by atoms with E-state index >= 15 is 0 Å². The van der Waals surface area contributed by atoms with Crippen LogP contribution in [0.25, 0.3) is 0 Å². The van der Waals surface area contributed by atoms with Crippen LogP contribution in [0.5, 0.6) is 0 Å². The van der Waals surface area contributed by atoms with Crippen molar-refractivity contribution in [1.82, 2.24) is 9.80 Å². The summed E-state index contributed by atoms with van der Waals surface area (Å²) in [6.07, 6.45) is 2.28. The van der Waals surface area contributed by atoms with Gasteiger partial charge in [0.2, 0.25) is 11.8 Å². The second kappa shape index (κ2) is 11.1. The van der Waals surface area contributed by atoms with E-state index in [4.69, 9.17) is 0 Å². The zero-order valence-corrected chi connectivity index (χ0v) is 20.9. The number of para-hydroxylation sites is 1. The molecule has 2 aliphatic rings. The first kappa shape index (κ1) is 24.3. The van der Waals surface area contributed by atoms with Crippen LogP contribution in [0, 0.1) is 5.92 Å². The van der Waals surface area contributed by atoms with E-state index in [1.807, 2.05) is 71.0 Å². The number of likely N-dealkylation sites (tertiary alicyclic amines) is 1. The lowest BCUT2D eigenvalue weighted by Gasteiger charge is -2.34. The molecule has 0 spiro atoms. The maximum atomic E-state index is 13.3. The van der Waals surface area contributed by atoms with Crippen LogP contribution in [0.1, 0.15) is 42.6 Å². The Hall–Kier alpha value is -2.80. The Morgan fingerprint density at radius 1 is 0.941 bits per heavy atom. The summed E-state index contributed by atoms with van der Waals surface area (Å²) in [6.45, 7) is 7.32. The van der Waals surface area contributed by atoms with Crippen molar-refractivity contribution in [3.05, 3.63) is 59.7 Å². The zero-order chi connectivity index (χ0) is 24.1. The van der Waals surface area contributed by atoms with E-state index in [-0.39, 0.29) is 23.6 Å². The van der Waals surface area contributed by atoms with E-state index in [1.165, 1.54) is 17.3 Å². The molecule has 2 heterocycles. The molecule has 2 aliphatic heterocycles. The third-order valence-electron chi connectivity index (χ3n) is 6.86. The summed E-state index contributed by atoms with van der Waals surface area (Å²) in [5, 5.41) is 0. The average Bonchev–Trinajstić information content (AvgIpc) is 3.32. The molecule has 2 aromatic carbocycles. The molecule has 0 bridgehead atoms. The van der Waals surface area contributed by atoms with Gasteiger partial charge in [-0.25, -0.2) is 0 Å².